The maximum Gasteiger partial charge on any atom is 0.352 e. The van der Waals surface area contributed by atoms with Crippen molar-refractivity contribution < 1.29 is 19.4 Å². The Bertz CT molecular complexity index is 1070. The molecule has 1 aromatic heterocycles. The van der Waals surface area contributed by atoms with Crippen LogP contribution in [-0.2, 0) is 9.53 Å². The standard InChI is InChI=1S/C20H16N4O4/c1-28-19(27)14-9-7-12(8-10-14)16-11-15(18(25)26)21-20-22-17(23-24(16)20)13-5-3-2-4-6-13/h2-11,16H,1H3,(H,25,26)(H,21,22,23)/t16-/m0/s1. The number of esters is 1. The van der Waals surface area contributed by atoms with E-state index in [1.54, 1.807) is 35.0 Å². The van der Waals surface area contributed by atoms with Crippen LogP contribution < -0.4 is 5.32 Å². The van der Waals surface area contributed by atoms with Gasteiger partial charge in [-0.1, -0.05) is 42.5 Å². The number of carbonyl (C=O) groups excluding carboxylic acids is 1. The van der Waals surface area contributed by atoms with E-state index in [1.807, 2.05) is 30.3 Å². The van der Waals surface area contributed by atoms with Gasteiger partial charge < -0.3 is 15.2 Å². The fraction of sp³-hybridized carbons (Fsp3) is 0.100. The third-order valence-electron chi connectivity index (χ3n) is 4.40. The van der Waals surface area contributed by atoms with E-state index < -0.39 is 18.0 Å². The molecule has 3 aromatic rings. The van der Waals surface area contributed by atoms with Crippen LogP contribution in [0.2, 0.25) is 0 Å². The first-order valence-electron chi connectivity index (χ1n) is 8.49. The molecule has 4 rings (SSSR count). The molecule has 28 heavy (non-hydrogen) atoms. The number of carbonyl (C=O) groups is 2. The Balaban J connectivity index is 1.77. The van der Waals surface area contributed by atoms with E-state index in [9.17, 15) is 14.7 Å². The summed E-state index contributed by atoms with van der Waals surface area (Å²) in [5.41, 5.74) is 2.01. The number of fused-ring (bicyclic) bond motifs is 1. The van der Waals surface area contributed by atoms with E-state index in [2.05, 4.69) is 15.4 Å². The van der Waals surface area contributed by atoms with Gasteiger partial charge in [0.1, 0.15) is 11.7 Å². The van der Waals surface area contributed by atoms with Crippen molar-refractivity contribution in [2.24, 2.45) is 0 Å². The molecule has 0 bridgehead atoms. The first-order chi connectivity index (χ1) is 13.6. The zero-order chi connectivity index (χ0) is 19.7. The molecule has 0 radical (unpaired) electrons. The minimum atomic E-state index is -1.09. The van der Waals surface area contributed by atoms with E-state index in [0.717, 1.165) is 11.1 Å². The van der Waals surface area contributed by atoms with Crippen LogP contribution in [0.15, 0.2) is 66.4 Å². The van der Waals surface area contributed by atoms with E-state index in [-0.39, 0.29) is 5.70 Å². The topological polar surface area (TPSA) is 106 Å². The number of hydrogen-bond donors (Lipinski definition) is 2. The Kier molecular flexibility index (Phi) is 4.36. The number of benzene rings is 2. The number of allylic oxidation sites excluding steroid dienone is 1. The second kappa shape index (κ2) is 6.99. The van der Waals surface area contributed by atoms with Crippen LogP contribution >= 0.6 is 0 Å². The Morgan fingerprint density at radius 2 is 1.82 bits per heavy atom. The molecule has 2 heterocycles. The molecule has 8 nitrogen and oxygen atoms in total. The smallest absolute Gasteiger partial charge is 0.352 e. The number of aliphatic carboxylic acids is 1. The summed E-state index contributed by atoms with van der Waals surface area (Å²) >= 11 is 0. The van der Waals surface area contributed by atoms with Gasteiger partial charge in [0, 0.05) is 5.56 Å². The van der Waals surface area contributed by atoms with Crippen molar-refractivity contribution in [3.05, 3.63) is 77.5 Å². The molecular weight excluding hydrogens is 360 g/mol. The van der Waals surface area contributed by atoms with Gasteiger partial charge in [-0.3, -0.25) is 0 Å². The summed E-state index contributed by atoms with van der Waals surface area (Å²) in [6, 6.07) is 15.7. The SMILES string of the molecule is COC(=O)c1ccc([C@@H]2C=C(C(=O)O)Nc3nc(-c4ccccc4)nn32)cc1. The first kappa shape index (κ1) is 17.5. The van der Waals surface area contributed by atoms with Gasteiger partial charge in [-0.15, -0.1) is 5.10 Å². The van der Waals surface area contributed by atoms with Gasteiger partial charge in [-0.2, -0.15) is 4.98 Å². The van der Waals surface area contributed by atoms with Crippen LogP contribution in [0.4, 0.5) is 5.95 Å². The van der Waals surface area contributed by atoms with E-state index in [0.29, 0.717) is 17.3 Å². The summed E-state index contributed by atoms with van der Waals surface area (Å²) in [5, 5.41) is 16.8. The second-order valence-electron chi connectivity index (χ2n) is 6.14. The number of ether oxygens (including phenoxy) is 1. The van der Waals surface area contributed by atoms with Crippen LogP contribution in [0.25, 0.3) is 11.4 Å². The molecule has 140 valence electrons. The first-order valence-corrected chi connectivity index (χ1v) is 8.49. The maximum atomic E-state index is 11.7. The lowest BCUT2D eigenvalue weighted by Crippen LogP contribution is -2.24. The highest BCUT2D eigenvalue weighted by molar-refractivity contribution is 5.91. The normalized spacial score (nSPS) is 15.2. The van der Waals surface area contributed by atoms with Gasteiger partial charge in [-0.05, 0) is 23.8 Å². The Labute approximate surface area is 160 Å². The number of carboxylic acid groups (broad SMARTS) is 1. The lowest BCUT2D eigenvalue weighted by atomic mass is 10.0. The number of carboxylic acids is 1. The summed E-state index contributed by atoms with van der Waals surface area (Å²) < 4.78 is 6.34. The number of hydrogen-bond acceptors (Lipinski definition) is 6. The molecule has 2 aromatic carbocycles. The van der Waals surface area contributed by atoms with Crippen molar-refractivity contribution in [1.29, 1.82) is 0 Å². The van der Waals surface area contributed by atoms with Crippen LogP contribution in [0, 0.1) is 0 Å². The van der Waals surface area contributed by atoms with Gasteiger partial charge in [-0.25, -0.2) is 14.3 Å². The molecular formula is C20H16N4O4. The zero-order valence-corrected chi connectivity index (χ0v) is 14.9. The highest BCUT2D eigenvalue weighted by Crippen LogP contribution is 2.31. The number of rotatable bonds is 4. The third-order valence-corrected chi connectivity index (χ3v) is 4.40. The van der Waals surface area contributed by atoms with E-state index in [4.69, 9.17) is 4.74 Å². The quantitative estimate of drug-likeness (QED) is 0.674. The Morgan fingerprint density at radius 3 is 2.46 bits per heavy atom. The van der Waals surface area contributed by atoms with Crippen molar-refractivity contribution in [1.82, 2.24) is 14.8 Å². The largest absolute Gasteiger partial charge is 0.477 e. The molecule has 1 atom stereocenters. The van der Waals surface area contributed by atoms with Gasteiger partial charge in [0.05, 0.1) is 12.7 Å². The average Bonchev–Trinajstić information content (AvgIpc) is 3.17. The Morgan fingerprint density at radius 1 is 1.11 bits per heavy atom. The molecule has 2 N–H and O–H groups in total. The van der Waals surface area contributed by atoms with Crippen molar-refractivity contribution in [2.75, 3.05) is 12.4 Å². The van der Waals surface area contributed by atoms with Gasteiger partial charge in [0.2, 0.25) is 5.95 Å². The fourth-order valence-electron chi connectivity index (χ4n) is 3.00. The van der Waals surface area contributed by atoms with E-state index in [1.165, 1.54) is 7.11 Å². The molecule has 1 aliphatic heterocycles. The van der Waals surface area contributed by atoms with Crippen LogP contribution in [0.1, 0.15) is 22.0 Å². The summed E-state index contributed by atoms with van der Waals surface area (Å²) in [5.74, 6) is -0.710. The number of anilines is 1. The molecule has 8 heteroatoms. The second-order valence-corrected chi connectivity index (χ2v) is 6.14. The van der Waals surface area contributed by atoms with Crippen molar-refractivity contribution in [3.63, 3.8) is 0 Å². The summed E-state index contributed by atoms with van der Waals surface area (Å²) in [6.07, 6.45) is 1.56. The molecule has 1 aliphatic rings. The average molecular weight is 376 g/mol. The molecule has 0 amide bonds. The summed E-state index contributed by atoms with van der Waals surface area (Å²) in [4.78, 5) is 27.7. The van der Waals surface area contributed by atoms with Crippen molar-refractivity contribution >= 4 is 17.9 Å². The number of methoxy groups -OCH3 is 1. The number of nitrogens with zero attached hydrogens (tertiary/aromatic N) is 3. The lowest BCUT2D eigenvalue weighted by molar-refractivity contribution is -0.132. The molecule has 0 spiro atoms. The summed E-state index contributed by atoms with van der Waals surface area (Å²) in [7, 11) is 1.32. The number of nitrogens with one attached hydrogen (secondary N) is 1. The highest BCUT2D eigenvalue weighted by atomic mass is 16.5. The molecule has 0 saturated carbocycles. The van der Waals surface area contributed by atoms with Crippen LogP contribution in [0.5, 0.6) is 0 Å². The monoisotopic (exact) mass is 376 g/mol. The van der Waals surface area contributed by atoms with Gasteiger partial charge in [0.25, 0.3) is 0 Å². The van der Waals surface area contributed by atoms with Crippen LogP contribution in [-0.4, -0.2) is 38.9 Å². The predicted octanol–water partition coefficient (Wildman–Crippen LogP) is 2.72. The molecule has 0 saturated heterocycles. The van der Waals surface area contributed by atoms with Crippen LogP contribution in [0.3, 0.4) is 0 Å². The van der Waals surface area contributed by atoms with E-state index >= 15 is 0 Å². The predicted molar refractivity (Wildman–Crippen MR) is 101 cm³/mol. The fourth-order valence-corrected chi connectivity index (χ4v) is 3.00. The zero-order valence-electron chi connectivity index (χ0n) is 14.9. The molecule has 0 unspecified atom stereocenters. The van der Waals surface area contributed by atoms with Gasteiger partial charge >= 0.3 is 11.9 Å². The third kappa shape index (κ3) is 3.11. The van der Waals surface area contributed by atoms with Crippen molar-refractivity contribution in [2.45, 2.75) is 6.04 Å². The maximum absolute atomic E-state index is 11.7. The lowest BCUT2D eigenvalue weighted by Gasteiger charge is -2.22. The minimum Gasteiger partial charge on any atom is -0.477 e. The molecule has 0 aliphatic carbocycles. The summed E-state index contributed by atoms with van der Waals surface area (Å²) in [6.45, 7) is 0. The Hall–Kier alpha value is -3.94. The number of aromatic nitrogens is 3. The van der Waals surface area contributed by atoms with Crippen molar-refractivity contribution in [3.8, 4) is 11.4 Å². The molecule has 0 fully saturated rings. The van der Waals surface area contributed by atoms with Gasteiger partial charge in [0.15, 0.2) is 5.82 Å². The minimum absolute atomic E-state index is 0.0153. The highest BCUT2D eigenvalue weighted by Gasteiger charge is 2.27.